The Hall–Kier alpha value is -2.77. The van der Waals surface area contributed by atoms with Gasteiger partial charge in [0.2, 0.25) is 0 Å². The highest BCUT2D eigenvalue weighted by atomic mass is 16.5. The lowest BCUT2D eigenvalue weighted by Crippen LogP contribution is -2.40. The van der Waals surface area contributed by atoms with Crippen molar-refractivity contribution in [3.8, 4) is 11.5 Å². The number of amides is 4. The largest absolute Gasteiger partial charge is 0.493 e. The Balaban J connectivity index is 2.67. The normalized spacial score (nSPS) is 10.0. The Kier molecular flexibility index (Phi) is 5.15. The molecule has 1 rings (SSSR count). The van der Waals surface area contributed by atoms with Crippen molar-refractivity contribution in [1.29, 1.82) is 0 Å². The number of ether oxygens (including phenoxy) is 2. The first-order valence-corrected chi connectivity index (χ1v) is 5.18. The quantitative estimate of drug-likeness (QED) is 0.541. The fourth-order valence-electron chi connectivity index (χ4n) is 1.24. The van der Waals surface area contributed by atoms with Gasteiger partial charge in [0.25, 0.3) is 0 Å². The molecule has 0 fully saturated rings. The molecule has 0 saturated carbocycles. The third kappa shape index (κ3) is 4.54. The molecule has 8 heteroatoms. The third-order valence-electron chi connectivity index (χ3n) is 2.02. The van der Waals surface area contributed by atoms with Crippen LogP contribution in [0.2, 0.25) is 0 Å². The molecule has 4 amide bonds. The van der Waals surface area contributed by atoms with Crippen LogP contribution < -0.4 is 25.9 Å². The maximum Gasteiger partial charge on any atom is 0.343 e. The molecular formula is C11H14N4O4. The standard InChI is InChI=1S/C11H14N4O4/c1-18-8-4-3-7(5-9(8)19-2)6-13-15-11(17)14-10(12)16/h3-6H,1-2H3,(H4,12,14,15,16,17). The van der Waals surface area contributed by atoms with E-state index in [0.29, 0.717) is 17.1 Å². The van der Waals surface area contributed by atoms with Crippen LogP contribution in [-0.4, -0.2) is 32.5 Å². The number of rotatable bonds is 4. The molecule has 0 aliphatic carbocycles. The second-order valence-corrected chi connectivity index (χ2v) is 3.30. The van der Waals surface area contributed by atoms with Crippen molar-refractivity contribution >= 4 is 18.3 Å². The van der Waals surface area contributed by atoms with Gasteiger partial charge in [0.15, 0.2) is 11.5 Å². The predicted molar refractivity (Wildman–Crippen MR) is 68.4 cm³/mol. The first kappa shape index (κ1) is 14.3. The number of nitrogens with zero attached hydrogens (tertiary/aromatic N) is 1. The van der Waals surface area contributed by atoms with Crippen LogP contribution in [0.15, 0.2) is 23.3 Å². The zero-order chi connectivity index (χ0) is 14.3. The van der Waals surface area contributed by atoms with Gasteiger partial charge in [0.1, 0.15) is 0 Å². The number of nitrogens with one attached hydrogen (secondary N) is 2. The summed E-state index contributed by atoms with van der Waals surface area (Å²) >= 11 is 0. The van der Waals surface area contributed by atoms with Gasteiger partial charge < -0.3 is 15.2 Å². The Bertz CT molecular complexity index is 501. The van der Waals surface area contributed by atoms with Crippen molar-refractivity contribution in [2.75, 3.05) is 14.2 Å². The second-order valence-electron chi connectivity index (χ2n) is 3.30. The molecule has 4 N–H and O–H groups in total. The Morgan fingerprint density at radius 1 is 1.26 bits per heavy atom. The maximum absolute atomic E-state index is 11.0. The first-order chi connectivity index (χ1) is 9.06. The number of primary amides is 1. The summed E-state index contributed by atoms with van der Waals surface area (Å²) in [4.78, 5) is 21.4. The molecule has 1 aromatic rings. The van der Waals surface area contributed by atoms with Crippen molar-refractivity contribution < 1.29 is 19.1 Å². The van der Waals surface area contributed by atoms with Crippen LogP contribution in [0.5, 0.6) is 11.5 Å². The van der Waals surface area contributed by atoms with E-state index >= 15 is 0 Å². The van der Waals surface area contributed by atoms with Crippen molar-refractivity contribution in [3.63, 3.8) is 0 Å². The summed E-state index contributed by atoms with van der Waals surface area (Å²) in [6, 6.07) is 3.32. The number of hydrogen-bond donors (Lipinski definition) is 3. The number of methoxy groups -OCH3 is 2. The van der Waals surface area contributed by atoms with Gasteiger partial charge in [-0.1, -0.05) is 0 Å². The summed E-state index contributed by atoms with van der Waals surface area (Å²) in [5.41, 5.74) is 7.51. The molecule has 0 spiro atoms. The molecule has 19 heavy (non-hydrogen) atoms. The molecular weight excluding hydrogens is 252 g/mol. The predicted octanol–water partition coefficient (Wildman–Crippen LogP) is 0.416. The average Bonchev–Trinajstić information content (AvgIpc) is 2.37. The van der Waals surface area contributed by atoms with Crippen LogP contribution in [0.1, 0.15) is 5.56 Å². The van der Waals surface area contributed by atoms with E-state index in [1.54, 1.807) is 23.5 Å². The maximum atomic E-state index is 11.0. The lowest BCUT2D eigenvalue weighted by Gasteiger charge is -2.07. The molecule has 0 bridgehead atoms. The van der Waals surface area contributed by atoms with Crippen LogP contribution in [0.4, 0.5) is 9.59 Å². The number of urea groups is 2. The summed E-state index contributed by atoms with van der Waals surface area (Å²) in [5.74, 6) is 1.12. The number of benzene rings is 1. The summed E-state index contributed by atoms with van der Waals surface area (Å²) < 4.78 is 10.2. The summed E-state index contributed by atoms with van der Waals surface area (Å²) in [7, 11) is 3.04. The summed E-state index contributed by atoms with van der Waals surface area (Å²) in [6.45, 7) is 0. The number of carbonyl (C=O) groups is 2. The minimum Gasteiger partial charge on any atom is -0.493 e. The van der Waals surface area contributed by atoms with E-state index in [2.05, 4.69) is 10.5 Å². The van der Waals surface area contributed by atoms with Gasteiger partial charge in [0, 0.05) is 0 Å². The van der Waals surface area contributed by atoms with Crippen LogP contribution in [0, 0.1) is 0 Å². The molecule has 0 atom stereocenters. The number of imide groups is 1. The van der Waals surface area contributed by atoms with E-state index in [4.69, 9.17) is 15.2 Å². The topological polar surface area (TPSA) is 115 Å². The smallest absolute Gasteiger partial charge is 0.343 e. The van der Waals surface area contributed by atoms with Gasteiger partial charge in [0.05, 0.1) is 20.4 Å². The van der Waals surface area contributed by atoms with E-state index in [9.17, 15) is 9.59 Å². The van der Waals surface area contributed by atoms with Gasteiger partial charge >= 0.3 is 12.1 Å². The molecule has 0 unspecified atom stereocenters. The van der Waals surface area contributed by atoms with E-state index in [1.807, 2.05) is 0 Å². The van der Waals surface area contributed by atoms with Gasteiger partial charge in [-0.3, -0.25) is 5.32 Å². The Morgan fingerprint density at radius 3 is 2.53 bits per heavy atom. The SMILES string of the molecule is COc1ccc(C=NNC(=O)NC(N)=O)cc1OC. The number of carbonyl (C=O) groups excluding carboxylic acids is 2. The lowest BCUT2D eigenvalue weighted by molar-refractivity contribution is 0.232. The Labute approximate surface area is 109 Å². The molecule has 0 aromatic heterocycles. The van der Waals surface area contributed by atoms with Crippen molar-refractivity contribution in [3.05, 3.63) is 23.8 Å². The summed E-state index contributed by atoms with van der Waals surface area (Å²) in [6.07, 6.45) is 1.38. The van der Waals surface area contributed by atoms with E-state index in [1.165, 1.54) is 20.4 Å². The van der Waals surface area contributed by atoms with Crippen LogP contribution in [-0.2, 0) is 0 Å². The minimum atomic E-state index is -0.959. The zero-order valence-electron chi connectivity index (χ0n) is 10.5. The van der Waals surface area contributed by atoms with Crippen LogP contribution >= 0.6 is 0 Å². The van der Waals surface area contributed by atoms with Crippen molar-refractivity contribution in [2.24, 2.45) is 10.8 Å². The van der Waals surface area contributed by atoms with Gasteiger partial charge in [-0.05, 0) is 23.8 Å². The highest BCUT2D eigenvalue weighted by Gasteiger charge is 2.03. The monoisotopic (exact) mass is 266 g/mol. The Morgan fingerprint density at radius 2 is 1.95 bits per heavy atom. The molecule has 0 saturated heterocycles. The molecule has 102 valence electrons. The van der Waals surface area contributed by atoms with Gasteiger partial charge in [-0.2, -0.15) is 5.10 Å². The zero-order valence-corrected chi connectivity index (χ0v) is 10.5. The number of nitrogens with two attached hydrogens (primary N) is 1. The van der Waals surface area contributed by atoms with Gasteiger partial charge in [-0.25, -0.2) is 15.0 Å². The van der Waals surface area contributed by atoms with E-state index in [0.717, 1.165) is 0 Å². The molecule has 8 nitrogen and oxygen atoms in total. The fraction of sp³-hybridized carbons (Fsp3) is 0.182. The van der Waals surface area contributed by atoms with Crippen molar-refractivity contribution in [2.45, 2.75) is 0 Å². The molecule has 0 aliphatic heterocycles. The fourth-order valence-corrected chi connectivity index (χ4v) is 1.24. The average molecular weight is 266 g/mol. The lowest BCUT2D eigenvalue weighted by atomic mass is 10.2. The number of hydrogen-bond acceptors (Lipinski definition) is 5. The van der Waals surface area contributed by atoms with Crippen molar-refractivity contribution in [1.82, 2.24) is 10.7 Å². The molecule has 0 radical (unpaired) electrons. The van der Waals surface area contributed by atoms with Gasteiger partial charge in [-0.15, -0.1) is 0 Å². The third-order valence-corrected chi connectivity index (χ3v) is 2.02. The van der Waals surface area contributed by atoms with Crippen LogP contribution in [0.25, 0.3) is 0 Å². The van der Waals surface area contributed by atoms with E-state index in [-0.39, 0.29) is 0 Å². The molecule has 1 aromatic carbocycles. The molecule has 0 aliphatic rings. The number of hydrazone groups is 1. The van der Waals surface area contributed by atoms with E-state index < -0.39 is 12.1 Å². The summed E-state index contributed by atoms with van der Waals surface area (Å²) in [5, 5.41) is 5.43. The second kappa shape index (κ2) is 6.84. The highest BCUT2D eigenvalue weighted by molar-refractivity contribution is 5.93. The first-order valence-electron chi connectivity index (χ1n) is 5.18. The van der Waals surface area contributed by atoms with Crippen LogP contribution in [0.3, 0.4) is 0 Å². The minimum absolute atomic E-state index is 0.535. The molecule has 0 heterocycles. The highest BCUT2D eigenvalue weighted by Crippen LogP contribution is 2.26.